The highest BCUT2D eigenvalue weighted by atomic mass is 16.3. The van der Waals surface area contributed by atoms with E-state index in [-0.39, 0.29) is 11.8 Å². The Morgan fingerprint density at radius 1 is 1.44 bits per heavy atom. The highest BCUT2D eigenvalue weighted by Crippen LogP contribution is 2.41. The first-order chi connectivity index (χ1) is 7.55. The molecule has 2 N–H and O–H groups in total. The zero-order valence-corrected chi connectivity index (χ0v) is 8.96. The van der Waals surface area contributed by atoms with Gasteiger partial charge in [0.15, 0.2) is 5.65 Å². The highest BCUT2D eigenvalue weighted by Gasteiger charge is 2.40. The number of fused-ring (bicyclic) bond motifs is 1. The smallest absolute Gasteiger partial charge is 0.158 e. The molecular formula is C11H13N3O2. The van der Waals surface area contributed by atoms with Crippen LogP contribution in [0.5, 0.6) is 5.75 Å². The molecule has 0 radical (unpaired) electrons. The quantitative estimate of drug-likeness (QED) is 0.756. The van der Waals surface area contributed by atoms with E-state index >= 15 is 0 Å². The van der Waals surface area contributed by atoms with E-state index in [1.165, 1.54) is 6.20 Å². The SMILES string of the molecule is CC1(O)CC(n2ncc3cc(O)cnc32)C1. The largest absolute Gasteiger partial charge is 0.506 e. The average Bonchev–Trinajstić information content (AvgIpc) is 2.56. The number of nitrogens with zero attached hydrogens (tertiary/aromatic N) is 3. The molecule has 0 aromatic carbocycles. The van der Waals surface area contributed by atoms with Crippen molar-refractivity contribution in [3.8, 4) is 5.75 Å². The van der Waals surface area contributed by atoms with Crippen LogP contribution in [0.25, 0.3) is 11.0 Å². The fourth-order valence-corrected chi connectivity index (χ4v) is 2.32. The molecule has 0 spiro atoms. The van der Waals surface area contributed by atoms with E-state index in [0.717, 1.165) is 11.0 Å². The van der Waals surface area contributed by atoms with Crippen molar-refractivity contribution in [3.05, 3.63) is 18.5 Å². The first kappa shape index (κ1) is 9.59. The van der Waals surface area contributed by atoms with Gasteiger partial charge in [0.25, 0.3) is 0 Å². The van der Waals surface area contributed by atoms with E-state index in [4.69, 9.17) is 0 Å². The predicted molar refractivity (Wildman–Crippen MR) is 58.1 cm³/mol. The number of aliphatic hydroxyl groups is 1. The van der Waals surface area contributed by atoms with Crippen LogP contribution in [0.4, 0.5) is 0 Å². The van der Waals surface area contributed by atoms with Gasteiger partial charge in [0.1, 0.15) is 5.75 Å². The molecule has 2 aromatic heterocycles. The number of aromatic nitrogens is 3. The molecule has 0 aliphatic heterocycles. The van der Waals surface area contributed by atoms with Crippen molar-refractivity contribution in [2.45, 2.75) is 31.4 Å². The Morgan fingerprint density at radius 3 is 2.88 bits per heavy atom. The van der Waals surface area contributed by atoms with Crippen molar-refractivity contribution in [1.82, 2.24) is 14.8 Å². The van der Waals surface area contributed by atoms with E-state index in [9.17, 15) is 10.2 Å². The van der Waals surface area contributed by atoms with Crippen LogP contribution in [0.15, 0.2) is 18.5 Å². The summed E-state index contributed by atoms with van der Waals surface area (Å²) in [5, 5.41) is 24.1. The number of rotatable bonds is 1. The molecule has 0 atom stereocenters. The standard InChI is InChI=1S/C11H13N3O2/c1-11(16)3-8(4-11)14-10-7(5-13-14)2-9(15)6-12-10/h2,5-6,8,15-16H,3-4H2,1H3. The third kappa shape index (κ3) is 1.36. The Balaban J connectivity index is 2.00. The van der Waals surface area contributed by atoms with Gasteiger partial charge < -0.3 is 10.2 Å². The molecular weight excluding hydrogens is 206 g/mol. The van der Waals surface area contributed by atoms with Crippen LogP contribution in [0.3, 0.4) is 0 Å². The fraction of sp³-hybridized carbons (Fsp3) is 0.455. The maximum absolute atomic E-state index is 9.70. The van der Waals surface area contributed by atoms with E-state index in [1.807, 2.05) is 11.6 Å². The second kappa shape index (κ2) is 2.95. The van der Waals surface area contributed by atoms with Crippen molar-refractivity contribution in [3.63, 3.8) is 0 Å². The van der Waals surface area contributed by atoms with Gasteiger partial charge in [-0.2, -0.15) is 5.10 Å². The lowest BCUT2D eigenvalue weighted by molar-refractivity contribution is -0.0531. The lowest BCUT2D eigenvalue weighted by Crippen LogP contribution is -2.42. The molecule has 2 heterocycles. The first-order valence-electron chi connectivity index (χ1n) is 5.30. The van der Waals surface area contributed by atoms with Crippen molar-refractivity contribution in [2.24, 2.45) is 0 Å². The molecule has 1 aliphatic rings. The second-order valence-electron chi connectivity index (χ2n) is 4.75. The minimum atomic E-state index is -0.570. The van der Waals surface area contributed by atoms with E-state index in [0.29, 0.717) is 12.8 Å². The molecule has 5 nitrogen and oxygen atoms in total. The van der Waals surface area contributed by atoms with Crippen LogP contribution < -0.4 is 0 Å². The zero-order chi connectivity index (χ0) is 11.3. The molecule has 16 heavy (non-hydrogen) atoms. The maximum atomic E-state index is 9.70. The molecule has 0 saturated heterocycles. The van der Waals surface area contributed by atoms with Gasteiger partial charge in [0, 0.05) is 5.39 Å². The van der Waals surface area contributed by atoms with Crippen LogP contribution in [0.2, 0.25) is 0 Å². The van der Waals surface area contributed by atoms with Crippen molar-refractivity contribution < 1.29 is 10.2 Å². The maximum Gasteiger partial charge on any atom is 0.158 e. The Hall–Kier alpha value is -1.62. The molecule has 1 saturated carbocycles. The van der Waals surface area contributed by atoms with Crippen LogP contribution in [-0.4, -0.2) is 30.6 Å². The van der Waals surface area contributed by atoms with E-state index in [2.05, 4.69) is 10.1 Å². The monoisotopic (exact) mass is 219 g/mol. The van der Waals surface area contributed by atoms with Crippen molar-refractivity contribution in [1.29, 1.82) is 0 Å². The summed E-state index contributed by atoms with van der Waals surface area (Å²) >= 11 is 0. The number of hydrogen-bond acceptors (Lipinski definition) is 4. The summed E-state index contributed by atoms with van der Waals surface area (Å²) in [5.41, 5.74) is 0.193. The van der Waals surface area contributed by atoms with Gasteiger partial charge in [-0.05, 0) is 25.8 Å². The van der Waals surface area contributed by atoms with Crippen LogP contribution in [0, 0.1) is 0 Å². The van der Waals surface area contributed by atoms with Crippen LogP contribution in [-0.2, 0) is 0 Å². The van der Waals surface area contributed by atoms with Gasteiger partial charge in [-0.1, -0.05) is 0 Å². The third-order valence-electron chi connectivity index (χ3n) is 3.12. The lowest BCUT2D eigenvalue weighted by Gasteiger charge is -2.40. The van der Waals surface area contributed by atoms with Gasteiger partial charge in [-0.15, -0.1) is 0 Å². The topological polar surface area (TPSA) is 71.2 Å². The highest BCUT2D eigenvalue weighted by molar-refractivity contribution is 5.75. The molecule has 0 amide bonds. The van der Waals surface area contributed by atoms with Gasteiger partial charge in [-0.25, -0.2) is 9.67 Å². The van der Waals surface area contributed by atoms with Gasteiger partial charge in [-0.3, -0.25) is 0 Å². The summed E-state index contributed by atoms with van der Waals surface area (Å²) in [6.07, 6.45) is 4.51. The molecule has 2 aromatic rings. The summed E-state index contributed by atoms with van der Waals surface area (Å²) in [6.45, 7) is 1.83. The first-order valence-corrected chi connectivity index (χ1v) is 5.30. The van der Waals surface area contributed by atoms with E-state index < -0.39 is 5.60 Å². The summed E-state index contributed by atoms with van der Waals surface area (Å²) < 4.78 is 1.83. The summed E-state index contributed by atoms with van der Waals surface area (Å²) in [5.74, 6) is 0.146. The third-order valence-corrected chi connectivity index (χ3v) is 3.12. The minimum absolute atomic E-state index is 0.146. The predicted octanol–water partition coefficient (Wildman–Crippen LogP) is 1.22. The van der Waals surface area contributed by atoms with E-state index in [1.54, 1.807) is 12.3 Å². The Kier molecular flexibility index (Phi) is 1.77. The lowest BCUT2D eigenvalue weighted by atomic mass is 9.77. The molecule has 3 rings (SSSR count). The summed E-state index contributed by atoms with van der Waals surface area (Å²) in [4.78, 5) is 4.16. The molecule has 84 valence electrons. The second-order valence-corrected chi connectivity index (χ2v) is 4.75. The van der Waals surface area contributed by atoms with Crippen molar-refractivity contribution >= 4 is 11.0 Å². The van der Waals surface area contributed by atoms with Crippen molar-refractivity contribution in [2.75, 3.05) is 0 Å². The van der Waals surface area contributed by atoms with Gasteiger partial charge in [0.05, 0.1) is 24.0 Å². The Bertz CT molecular complexity index is 539. The molecule has 1 fully saturated rings. The van der Waals surface area contributed by atoms with Crippen LogP contribution >= 0.6 is 0 Å². The molecule has 1 aliphatic carbocycles. The van der Waals surface area contributed by atoms with Gasteiger partial charge in [0.2, 0.25) is 0 Å². The minimum Gasteiger partial charge on any atom is -0.506 e. The summed E-state index contributed by atoms with van der Waals surface area (Å²) in [7, 11) is 0. The number of aromatic hydroxyl groups is 1. The number of pyridine rings is 1. The zero-order valence-electron chi connectivity index (χ0n) is 8.96. The molecule has 5 heteroatoms. The Morgan fingerprint density at radius 2 is 2.19 bits per heavy atom. The van der Waals surface area contributed by atoms with Crippen LogP contribution in [0.1, 0.15) is 25.8 Å². The Labute approximate surface area is 92.3 Å². The average molecular weight is 219 g/mol. The van der Waals surface area contributed by atoms with Gasteiger partial charge >= 0.3 is 0 Å². The number of hydrogen-bond donors (Lipinski definition) is 2. The normalized spacial score (nSPS) is 29.2. The molecule has 0 bridgehead atoms. The molecule has 0 unspecified atom stereocenters. The summed E-state index contributed by atoms with van der Waals surface area (Å²) in [6, 6.07) is 1.85. The fourth-order valence-electron chi connectivity index (χ4n) is 2.32.